The van der Waals surface area contributed by atoms with Gasteiger partial charge in [-0.2, -0.15) is 0 Å². The van der Waals surface area contributed by atoms with Gasteiger partial charge in [-0.3, -0.25) is 4.79 Å². The molecular formula is C18H22N2O3. The highest BCUT2D eigenvalue weighted by Gasteiger charge is 2.12. The van der Waals surface area contributed by atoms with Crippen molar-refractivity contribution < 1.29 is 14.3 Å². The summed E-state index contributed by atoms with van der Waals surface area (Å²) in [6.45, 7) is 2.02. The average Bonchev–Trinajstić information content (AvgIpc) is 2.55. The number of carbonyl (C=O) groups excluding carboxylic acids is 1. The first-order valence-corrected chi connectivity index (χ1v) is 7.40. The van der Waals surface area contributed by atoms with Crippen molar-refractivity contribution in [2.45, 2.75) is 19.3 Å². The molecule has 23 heavy (non-hydrogen) atoms. The van der Waals surface area contributed by atoms with Crippen LogP contribution in [0, 0.1) is 0 Å². The second-order valence-corrected chi connectivity index (χ2v) is 5.38. The third-order valence-electron chi connectivity index (χ3n) is 3.69. The zero-order valence-corrected chi connectivity index (χ0v) is 13.6. The summed E-state index contributed by atoms with van der Waals surface area (Å²) in [4.78, 5) is 12.2. The van der Waals surface area contributed by atoms with Crippen LogP contribution in [0.2, 0.25) is 0 Å². The normalized spacial score (nSPS) is 11.6. The van der Waals surface area contributed by atoms with Crippen molar-refractivity contribution in [3.8, 4) is 11.5 Å². The van der Waals surface area contributed by atoms with E-state index in [4.69, 9.17) is 15.2 Å². The van der Waals surface area contributed by atoms with Crippen molar-refractivity contribution >= 4 is 17.3 Å². The summed E-state index contributed by atoms with van der Waals surface area (Å²) in [6.07, 6.45) is 0.387. The molecule has 2 aromatic carbocycles. The molecule has 0 aliphatic rings. The SMILES string of the molecule is COc1ccc(C(C)CC(=O)Nc2ccc(OC)c(N)c2)cc1. The third-order valence-corrected chi connectivity index (χ3v) is 3.69. The van der Waals surface area contributed by atoms with Gasteiger partial charge in [-0.05, 0) is 41.8 Å². The van der Waals surface area contributed by atoms with Gasteiger partial charge in [-0.25, -0.2) is 0 Å². The maximum Gasteiger partial charge on any atom is 0.224 e. The molecule has 3 N–H and O–H groups in total. The first kappa shape index (κ1) is 16.7. The molecule has 0 heterocycles. The van der Waals surface area contributed by atoms with E-state index in [0.29, 0.717) is 23.5 Å². The lowest BCUT2D eigenvalue weighted by Crippen LogP contribution is -2.14. The van der Waals surface area contributed by atoms with Crippen molar-refractivity contribution in [1.82, 2.24) is 0 Å². The highest BCUT2D eigenvalue weighted by atomic mass is 16.5. The lowest BCUT2D eigenvalue weighted by Gasteiger charge is -2.13. The number of nitrogens with one attached hydrogen (secondary N) is 1. The Labute approximate surface area is 136 Å². The number of ether oxygens (including phenoxy) is 2. The Morgan fingerprint density at radius 3 is 2.39 bits per heavy atom. The predicted molar refractivity (Wildman–Crippen MR) is 92.1 cm³/mol. The summed E-state index contributed by atoms with van der Waals surface area (Å²) in [5.41, 5.74) is 8.09. The number of benzene rings is 2. The Hall–Kier alpha value is -2.69. The fourth-order valence-electron chi connectivity index (χ4n) is 2.35. The van der Waals surface area contributed by atoms with Crippen molar-refractivity contribution in [1.29, 1.82) is 0 Å². The maximum atomic E-state index is 12.2. The zero-order chi connectivity index (χ0) is 16.8. The fraction of sp³-hybridized carbons (Fsp3) is 0.278. The highest BCUT2D eigenvalue weighted by molar-refractivity contribution is 5.92. The number of anilines is 2. The van der Waals surface area contributed by atoms with Gasteiger partial charge in [0.25, 0.3) is 0 Å². The molecular weight excluding hydrogens is 292 g/mol. The number of hydrogen-bond acceptors (Lipinski definition) is 4. The summed E-state index contributed by atoms with van der Waals surface area (Å²) in [5.74, 6) is 1.45. The monoisotopic (exact) mass is 314 g/mol. The number of amides is 1. The van der Waals surface area contributed by atoms with E-state index < -0.39 is 0 Å². The van der Waals surface area contributed by atoms with Gasteiger partial charge >= 0.3 is 0 Å². The number of nitrogens with two attached hydrogens (primary N) is 1. The molecule has 0 aromatic heterocycles. The Morgan fingerprint density at radius 1 is 1.13 bits per heavy atom. The number of carbonyl (C=O) groups is 1. The van der Waals surface area contributed by atoms with Crippen molar-refractivity contribution in [2.24, 2.45) is 0 Å². The van der Waals surface area contributed by atoms with Crippen LogP contribution in [0.15, 0.2) is 42.5 Å². The minimum Gasteiger partial charge on any atom is -0.497 e. The van der Waals surface area contributed by atoms with Gasteiger partial charge in [0, 0.05) is 12.1 Å². The van der Waals surface area contributed by atoms with E-state index >= 15 is 0 Å². The molecule has 1 unspecified atom stereocenters. The van der Waals surface area contributed by atoms with E-state index in [9.17, 15) is 4.79 Å². The van der Waals surface area contributed by atoms with Crippen LogP contribution in [0.4, 0.5) is 11.4 Å². The van der Waals surface area contributed by atoms with Gasteiger partial charge in [0.2, 0.25) is 5.91 Å². The van der Waals surface area contributed by atoms with Crippen molar-refractivity contribution in [3.63, 3.8) is 0 Å². The van der Waals surface area contributed by atoms with E-state index in [1.165, 1.54) is 0 Å². The Morgan fingerprint density at radius 2 is 1.83 bits per heavy atom. The van der Waals surface area contributed by atoms with Crippen LogP contribution in [-0.4, -0.2) is 20.1 Å². The molecule has 2 rings (SSSR count). The fourth-order valence-corrected chi connectivity index (χ4v) is 2.35. The number of methoxy groups -OCH3 is 2. The molecule has 1 atom stereocenters. The van der Waals surface area contributed by atoms with Gasteiger partial charge < -0.3 is 20.5 Å². The number of rotatable bonds is 6. The molecule has 0 spiro atoms. The average molecular weight is 314 g/mol. The molecule has 5 heteroatoms. The third kappa shape index (κ3) is 4.39. The first-order chi connectivity index (χ1) is 11.0. The number of hydrogen-bond donors (Lipinski definition) is 2. The molecule has 5 nitrogen and oxygen atoms in total. The standard InChI is InChI=1S/C18H22N2O3/c1-12(13-4-7-15(22-2)8-5-13)10-18(21)20-14-6-9-17(23-3)16(19)11-14/h4-9,11-12H,10,19H2,1-3H3,(H,20,21). The largest absolute Gasteiger partial charge is 0.497 e. The summed E-state index contributed by atoms with van der Waals surface area (Å²) in [6, 6.07) is 12.9. The van der Waals surface area contributed by atoms with Crippen LogP contribution >= 0.6 is 0 Å². The Kier molecular flexibility index (Phi) is 5.46. The minimum atomic E-state index is -0.0575. The lowest BCUT2D eigenvalue weighted by molar-refractivity contribution is -0.116. The van der Waals surface area contributed by atoms with E-state index in [2.05, 4.69) is 5.32 Å². The van der Waals surface area contributed by atoms with Crippen LogP contribution in [0.3, 0.4) is 0 Å². The van der Waals surface area contributed by atoms with Gasteiger partial charge in [0.15, 0.2) is 0 Å². The second-order valence-electron chi connectivity index (χ2n) is 5.38. The van der Waals surface area contributed by atoms with Crippen molar-refractivity contribution in [2.75, 3.05) is 25.3 Å². The molecule has 122 valence electrons. The maximum absolute atomic E-state index is 12.2. The van der Waals surface area contributed by atoms with Gasteiger partial charge in [0.05, 0.1) is 19.9 Å². The molecule has 0 aliphatic heterocycles. The van der Waals surface area contributed by atoms with Crippen LogP contribution < -0.4 is 20.5 Å². The van der Waals surface area contributed by atoms with Gasteiger partial charge in [-0.1, -0.05) is 19.1 Å². The van der Waals surface area contributed by atoms with E-state index in [1.54, 1.807) is 32.4 Å². The summed E-state index contributed by atoms with van der Waals surface area (Å²) in [7, 11) is 3.19. The summed E-state index contributed by atoms with van der Waals surface area (Å²) in [5, 5.41) is 2.86. The second kappa shape index (κ2) is 7.54. The number of nitrogen functional groups attached to an aromatic ring is 1. The molecule has 0 bridgehead atoms. The topological polar surface area (TPSA) is 73.6 Å². The first-order valence-electron chi connectivity index (χ1n) is 7.40. The van der Waals surface area contributed by atoms with Gasteiger partial charge in [0.1, 0.15) is 11.5 Å². The molecule has 2 aromatic rings. The van der Waals surface area contributed by atoms with E-state index in [0.717, 1.165) is 11.3 Å². The smallest absolute Gasteiger partial charge is 0.224 e. The summed E-state index contributed by atoms with van der Waals surface area (Å²) >= 11 is 0. The minimum absolute atomic E-state index is 0.0575. The van der Waals surface area contributed by atoms with Gasteiger partial charge in [-0.15, -0.1) is 0 Å². The predicted octanol–water partition coefficient (Wildman–Crippen LogP) is 3.42. The molecule has 0 fully saturated rings. The summed E-state index contributed by atoms with van der Waals surface area (Å²) < 4.78 is 10.2. The van der Waals surface area contributed by atoms with Crippen LogP contribution in [0.25, 0.3) is 0 Å². The van der Waals surface area contributed by atoms with Crippen molar-refractivity contribution in [3.05, 3.63) is 48.0 Å². The molecule has 0 aliphatic carbocycles. The van der Waals surface area contributed by atoms with E-state index in [-0.39, 0.29) is 11.8 Å². The van der Waals surface area contributed by atoms with E-state index in [1.807, 2.05) is 31.2 Å². The highest BCUT2D eigenvalue weighted by Crippen LogP contribution is 2.26. The quantitative estimate of drug-likeness (QED) is 0.801. The lowest BCUT2D eigenvalue weighted by atomic mass is 9.97. The Bertz CT molecular complexity index is 668. The van der Waals surface area contributed by atoms with Crippen LogP contribution in [0.1, 0.15) is 24.8 Å². The molecule has 0 radical (unpaired) electrons. The molecule has 0 saturated heterocycles. The zero-order valence-electron chi connectivity index (χ0n) is 13.6. The molecule has 0 saturated carbocycles. The van der Waals surface area contributed by atoms with Crippen LogP contribution in [0.5, 0.6) is 11.5 Å². The Balaban J connectivity index is 1.96. The van der Waals surface area contributed by atoms with Crippen LogP contribution in [-0.2, 0) is 4.79 Å². The molecule has 1 amide bonds.